The molecule has 30 heavy (non-hydrogen) atoms. The van der Waals surface area contributed by atoms with Crippen LogP contribution in [0.4, 0.5) is 0 Å². The zero-order valence-electron chi connectivity index (χ0n) is 17.1. The van der Waals surface area contributed by atoms with E-state index in [0.29, 0.717) is 18.7 Å². The summed E-state index contributed by atoms with van der Waals surface area (Å²) in [5.74, 6) is 0.233. The molecule has 7 nitrogen and oxygen atoms in total. The second-order valence-electron chi connectivity index (χ2n) is 8.91. The maximum atomic E-state index is 13.1. The summed E-state index contributed by atoms with van der Waals surface area (Å²) in [7, 11) is 0. The van der Waals surface area contributed by atoms with E-state index in [1.54, 1.807) is 24.7 Å². The van der Waals surface area contributed by atoms with E-state index in [0.717, 1.165) is 45.4 Å². The minimum atomic E-state index is -0.349. The van der Waals surface area contributed by atoms with E-state index in [4.69, 9.17) is 0 Å². The second-order valence-corrected chi connectivity index (χ2v) is 8.91. The Balaban J connectivity index is 1.35. The number of rotatable bonds is 3. The fourth-order valence-electron chi connectivity index (χ4n) is 5.82. The number of likely N-dealkylation sites (tertiary alicyclic amines) is 2. The van der Waals surface area contributed by atoms with E-state index in [1.807, 2.05) is 23.2 Å². The molecule has 0 aliphatic carbocycles. The van der Waals surface area contributed by atoms with Crippen LogP contribution in [0.5, 0.6) is 0 Å². The number of amides is 2. The summed E-state index contributed by atoms with van der Waals surface area (Å²) in [5, 5.41) is 3.10. The van der Waals surface area contributed by atoms with E-state index in [2.05, 4.69) is 26.3 Å². The van der Waals surface area contributed by atoms with E-state index in [1.165, 1.54) is 5.56 Å². The van der Waals surface area contributed by atoms with Crippen LogP contribution in [0.25, 0.3) is 0 Å². The molecule has 3 aliphatic heterocycles. The van der Waals surface area contributed by atoms with Gasteiger partial charge in [0.15, 0.2) is 0 Å². The lowest BCUT2D eigenvalue weighted by molar-refractivity contribution is -0.133. The summed E-state index contributed by atoms with van der Waals surface area (Å²) in [4.78, 5) is 38.6. The van der Waals surface area contributed by atoms with Crippen LogP contribution < -0.4 is 5.32 Å². The molecule has 2 amide bonds. The van der Waals surface area contributed by atoms with Crippen LogP contribution in [0.15, 0.2) is 49.1 Å². The molecular weight excluding hydrogens is 378 g/mol. The standard InChI is InChI=1S/C23H27N5O2/c29-20(19-4-2-9-25-14-19)28-11-6-22(7-12-28)16-27(15-18-3-1-8-24-13-18)17-23(22)5-10-26-21(23)30/h1-4,8-9,13-14H,5-7,10-12,15-17H2,(H,26,30)/t23-/m1/s1. The Bertz CT molecular complexity index is 927. The third-order valence-corrected chi connectivity index (χ3v) is 7.35. The lowest BCUT2D eigenvalue weighted by Gasteiger charge is -2.46. The van der Waals surface area contributed by atoms with Crippen LogP contribution in [0, 0.1) is 10.8 Å². The highest BCUT2D eigenvalue weighted by molar-refractivity contribution is 5.94. The molecule has 3 saturated heterocycles. The number of carbonyl (C=O) groups excluding carboxylic acids is 2. The Morgan fingerprint density at radius 3 is 2.43 bits per heavy atom. The first-order chi connectivity index (χ1) is 14.6. The molecule has 0 bridgehead atoms. The molecule has 0 radical (unpaired) electrons. The van der Waals surface area contributed by atoms with Crippen molar-refractivity contribution in [2.24, 2.45) is 10.8 Å². The van der Waals surface area contributed by atoms with Gasteiger partial charge in [0.2, 0.25) is 5.91 Å². The van der Waals surface area contributed by atoms with Crippen LogP contribution >= 0.6 is 0 Å². The summed E-state index contributed by atoms with van der Waals surface area (Å²) in [5.41, 5.74) is 1.37. The van der Waals surface area contributed by atoms with Crippen molar-refractivity contribution in [3.63, 3.8) is 0 Å². The van der Waals surface area contributed by atoms with Crippen molar-refractivity contribution in [1.82, 2.24) is 25.1 Å². The quantitative estimate of drug-likeness (QED) is 0.841. The van der Waals surface area contributed by atoms with Gasteiger partial charge in [-0.15, -0.1) is 0 Å². The van der Waals surface area contributed by atoms with Gasteiger partial charge in [0.1, 0.15) is 0 Å². The normalized spacial score (nSPS) is 25.7. The van der Waals surface area contributed by atoms with Crippen molar-refractivity contribution in [2.75, 3.05) is 32.7 Å². The average Bonchev–Trinajstić information content (AvgIpc) is 3.30. The molecule has 5 heterocycles. The number of aromatic nitrogens is 2. The third-order valence-electron chi connectivity index (χ3n) is 7.35. The second kappa shape index (κ2) is 7.47. The highest BCUT2D eigenvalue weighted by Crippen LogP contribution is 2.56. The number of hydrogen-bond donors (Lipinski definition) is 1. The maximum Gasteiger partial charge on any atom is 0.255 e. The minimum absolute atomic E-state index is 0.0353. The van der Waals surface area contributed by atoms with Gasteiger partial charge in [-0.2, -0.15) is 0 Å². The van der Waals surface area contributed by atoms with Gasteiger partial charge in [0, 0.05) is 69.5 Å². The molecule has 0 unspecified atom stereocenters. The molecule has 7 heteroatoms. The van der Waals surface area contributed by atoms with Crippen molar-refractivity contribution in [1.29, 1.82) is 0 Å². The van der Waals surface area contributed by atoms with Crippen LogP contribution in [0.2, 0.25) is 0 Å². The van der Waals surface area contributed by atoms with E-state index >= 15 is 0 Å². The summed E-state index contributed by atoms with van der Waals surface area (Å²) >= 11 is 0. The topological polar surface area (TPSA) is 78.4 Å². The highest BCUT2D eigenvalue weighted by atomic mass is 16.2. The van der Waals surface area contributed by atoms with Gasteiger partial charge in [-0.3, -0.25) is 24.5 Å². The fourth-order valence-corrected chi connectivity index (χ4v) is 5.82. The predicted molar refractivity (Wildman–Crippen MR) is 111 cm³/mol. The number of nitrogens with zero attached hydrogens (tertiary/aromatic N) is 4. The zero-order valence-corrected chi connectivity index (χ0v) is 17.1. The molecule has 2 aromatic heterocycles. The Kier molecular flexibility index (Phi) is 4.77. The summed E-state index contributed by atoms with van der Waals surface area (Å²) < 4.78 is 0. The first kappa shape index (κ1) is 19.2. The number of carbonyl (C=O) groups is 2. The zero-order chi connectivity index (χ0) is 20.6. The minimum Gasteiger partial charge on any atom is -0.356 e. The van der Waals surface area contributed by atoms with Crippen LogP contribution in [-0.2, 0) is 11.3 Å². The number of nitrogens with one attached hydrogen (secondary N) is 1. The predicted octanol–water partition coefficient (Wildman–Crippen LogP) is 1.72. The molecule has 0 saturated carbocycles. The van der Waals surface area contributed by atoms with Crippen molar-refractivity contribution < 1.29 is 9.59 Å². The molecule has 3 fully saturated rings. The largest absolute Gasteiger partial charge is 0.356 e. The molecule has 1 atom stereocenters. The lowest BCUT2D eigenvalue weighted by Crippen LogP contribution is -2.53. The number of fused-ring (bicyclic) bond motifs is 1. The molecular formula is C23H27N5O2. The van der Waals surface area contributed by atoms with Gasteiger partial charge in [-0.1, -0.05) is 6.07 Å². The lowest BCUT2D eigenvalue weighted by atomic mass is 9.60. The smallest absolute Gasteiger partial charge is 0.255 e. The molecule has 2 spiro atoms. The number of hydrogen-bond acceptors (Lipinski definition) is 5. The van der Waals surface area contributed by atoms with Gasteiger partial charge >= 0.3 is 0 Å². The number of pyridine rings is 2. The van der Waals surface area contributed by atoms with Gasteiger partial charge in [-0.25, -0.2) is 0 Å². The molecule has 2 aromatic rings. The Labute approximate surface area is 176 Å². The van der Waals surface area contributed by atoms with Crippen LogP contribution in [0.3, 0.4) is 0 Å². The van der Waals surface area contributed by atoms with Crippen molar-refractivity contribution in [3.05, 3.63) is 60.2 Å². The SMILES string of the molecule is O=C(c1cccnc1)N1CCC2(CC1)CN(Cc1cccnc1)C[C@@]21CCNC1=O. The van der Waals surface area contributed by atoms with Crippen molar-refractivity contribution in [2.45, 2.75) is 25.8 Å². The highest BCUT2D eigenvalue weighted by Gasteiger charge is 2.63. The molecule has 0 aromatic carbocycles. The van der Waals surface area contributed by atoms with E-state index in [-0.39, 0.29) is 22.6 Å². The van der Waals surface area contributed by atoms with E-state index < -0.39 is 0 Å². The van der Waals surface area contributed by atoms with Gasteiger partial charge in [0.25, 0.3) is 5.91 Å². The van der Waals surface area contributed by atoms with Gasteiger partial charge < -0.3 is 10.2 Å². The Hall–Kier alpha value is -2.80. The van der Waals surface area contributed by atoms with E-state index in [9.17, 15) is 9.59 Å². The van der Waals surface area contributed by atoms with Crippen LogP contribution in [0.1, 0.15) is 35.2 Å². The Morgan fingerprint density at radius 1 is 1.03 bits per heavy atom. The molecule has 5 rings (SSSR count). The van der Waals surface area contributed by atoms with Gasteiger partial charge in [0.05, 0.1) is 11.0 Å². The molecule has 156 valence electrons. The fraction of sp³-hybridized carbons (Fsp3) is 0.478. The van der Waals surface area contributed by atoms with Crippen LogP contribution in [-0.4, -0.2) is 64.3 Å². The summed E-state index contributed by atoms with van der Waals surface area (Å²) in [6, 6.07) is 7.66. The number of piperidine rings is 1. The maximum absolute atomic E-state index is 13.1. The monoisotopic (exact) mass is 405 g/mol. The Morgan fingerprint density at radius 2 is 1.80 bits per heavy atom. The summed E-state index contributed by atoms with van der Waals surface area (Å²) in [6.45, 7) is 4.60. The van der Waals surface area contributed by atoms with Crippen molar-refractivity contribution in [3.8, 4) is 0 Å². The van der Waals surface area contributed by atoms with Crippen molar-refractivity contribution >= 4 is 11.8 Å². The third kappa shape index (κ3) is 3.08. The molecule has 1 N–H and O–H groups in total. The first-order valence-corrected chi connectivity index (χ1v) is 10.7. The molecule has 3 aliphatic rings. The first-order valence-electron chi connectivity index (χ1n) is 10.7. The van der Waals surface area contributed by atoms with Gasteiger partial charge in [-0.05, 0) is 43.0 Å². The average molecular weight is 406 g/mol. The summed E-state index contributed by atoms with van der Waals surface area (Å²) in [6.07, 6.45) is 9.60.